The van der Waals surface area contributed by atoms with Gasteiger partial charge in [-0.05, 0) is 122 Å². The highest BCUT2D eigenvalue weighted by Crippen LogP contribution is 2.31. The minimum Gasteiger partial charge on any atom is -0.0651 e. The van der Waals surface area contributed by atoms with Gasteiger partial charge in [-0.25, -0.2) is 0 Å². The molecule has 0 aliphatic heterocycles. The molecule has 0 aliphatic rings. The van der Waals surface area contributed by atoms with Crippen molar-refractivity contribution in [3.05, 3.63) is 87.6 Å². The van der Waals surface area contributed by atoms with E-state index in [0.717, 1.165) is 17.5 Å². The van der Waals surface area contributed by atoms with Gasteiger partial charge in [-0.2, -0.15) is 0 Å². The third-order valence-electron chi connectivity index (χ3n) is 4.40. The summed E-state index contributed by atoms with van der Waals surface area (Å²) in [6, 6.07) is 19.7. The number of halogens is 3. The first-order chi connectivity index (χ1) is 13.0. The first-order valence-corrected chi connectivity index (χ1v) is 12.1. The molecule has 0 aliphatic carbocycles. The lowest BCUT2D eigenvalue weighted by Crippen LogP contribution is -1.92. The van der Waals surface area contributed by atoms with Crippen molar-refractivity contribution in [1.82, 2.24) is 0 Å². The molecule has 0 fully saturated rings. The lowest BCUT2D eigenvalue weighted by molar-refractivity contribution is 0.922. The summed E-state index contributed by atoms with van der Waals surface area (Å²) in [6.07, 6.45) is 2.32. The molecular formula is C24H19I3. The lowest BCUT2D eigenvalue weighted by atomic mass is 10.0. The van der Waals surface area contributed by atoms with E-state index in [1.165, 1.54) is 39.4 Å². The van der Waals surface area contributed by atoms with Crippen molar-refractivity contribution in [2.45, 2.75) is 26.7 Å². The summed E-state index contributed by atoms with van der Waals surface area (Å²) < 4.78 is 3.74. The molecule has 0 heterocycles. The predicted octanol–water partition coefficient (Wildman–Crippen LogP) is 7.83. The van der Waals surface area contributed by atoms with Crippen LogP contribution in [0.3, 0.4) is 0 Å². The van der Waals surface area contributed by atoms with E-state index in [9.17, 15) is 0 Å². The van der Waals surface area contributed by atoms with Gasteiger partial charge in [0.1, 0.15) is 0 Å². The Bertz CT molecular complexity index is 1020. The highest BCUT2D eigenvalue weighted by molar-refractivity contribution is 14.1. The van der Waals surface area contributed by atoms with Gasteiger partial charge in [-0.3, -0.25) is 0 Å². The van der Waals surface area contributed by atoms with Crippen molar-refractivity contribution in [3.8, 4) is 23.0 Å². The second-order valence-electron chi connectivity index (χ2n) is 6.45. The van der Waals surface area contributed by atoms with E-state index in [-0.39, 0.29) is 0 Å². The third kappa shape index (κ3) is 5.27. The van der Waals surface area contributed by atoms with Crippen molar-refractivity contribution >= 4 is 67.8 Å². The minimum absolute atomic E-state index is 1.06. The molecule has 0 amide bonds. The Hall–Kier alpha value is -0.590. The molecular weight excluding hydrogens is 669 g/mol. The molecule has 3 heteroatoms. The topological polar surface area (TPSA) is 0 Å². The SMILES string of the molecule is CCCc1ccc(-c2ccc(C#Cc3ccc(C)c(I)c3)c(I)c2I)cc1. The molecule has 3 aromatic carbocycles. The highest BCUT2D eigenvalue weighted by atomic mass is 127. The van der Waals surface area contributed by atoms with Gasteiger partial charge in [0.05, 0.1) is 0 Å². The fourth-order valence-electron chi connectivity index (χ4n) is 2.82. The molecule has 0 atom stereocenters. The molecule has 27 heavy (non-hydrogen) atoms. The maximum atomic E-state index is 3.36. The smallest absolute Gasteiger partial charge is 0.0426 e. The van der Waals surface area contributed by atoms with Gasteiger partial charge in [-0.15, -0.1) is 0 Å². The lowest BCUT2D eigenvalue weighted by Gasteiger charge is -2.09. The van der Waals surface area contributed by atoms with Gasteiger partial charge in [0, 0.05) is 21.8 Å². The number of aryl methyl sites for hydroxylation is 2. The van der Waals surface area contributed by atoms with Gasteiger partial charge in [0.15, 0.2) is 0 Å². The summed E-state index contributed by atoms with van der Waals surface area (Å²) >= 11 is 7.23. The fourth-order valence-corrected chi connectivity index (χ4v) is 4.72. The highest BCUT2D eigenvalue weighted by Gasteiger charge is 2.10. The van der Waals surface area contributed by atoms with E-state index in [4.69, 9.17) is 0 Å². The Balaban J connectivity index is 1.91. The van der Waals surface area contributed by atoms with Gasteiger partial charge < -0.3 is 0 Å². The Labute approximate surface area is 203 Å². The fraction of sp³-hybridized carbons (Fsp3) is 0.167. The molecule has 0 N–H and O–H groups in total. The molecule has 0 spiro atoms. The second-order valence-corrected chi connectivity index (χ2v) is 9.77. The number of hydrogen-bond donors (Lipinski definition) is 0. The molecule has 0 saturated carbocycles. The number of rotatable bonds is 3. The number of hydrogen-bond acceptors (Lipinski definition) is 0. The van der Waals surface area contributed by atoms with Gasteiger partial charge in [-0.1, -0.05) is 61.6 Å². The average Bonchev–Trinajstić information content (AvgIpc) is 2.67. The van der Waals surface area contributed by atoms with E-state index >= 15 is 0 Å². The summed E-state index contributed by atoms with van der Waals surface area (Å²) in [5.41, 5.74) is 7.39. The van der Waals surface area contributed by atoms with E-state index in [0.29, 0.717) is 0 Å². The monoisotopic (exact) mass is 688 g/mol. The molecule has 3 aromatic rings. The Kier molecular flexibility index (Phi) is 7.63. The summed E-state index contributed by atoms with van der Waals surface area (Å²) in [4.78, 5) is 0. The zero-order valence-electron chi connectivity index (χ0n) is 15.2. The Morgan fingerprint density at radius 3 is 2.22 bits per heavy atom. The zero-order chi connectivity index (χ0) is 19.4. The number of benzene rings is 3. The van der Waals surface area contributed by atoms with Gasteiger partial charge in [0.2, 0.25) is 0 Å². The first kappa shape index (κ1) is 21.1. The molecule has 0 saturated heterocycles. The van der Waals surface area contributed by atoms with Crippen LogP contribution in [0.15, 0.2) is 54.6 Å². The normalized spacial score (nSPS) is 10.4. The van der Waals surface area contributed by atoms with Gasteiger partial charge >= 0.3 is 0 Å². The quantitative estimate of drug-likeness (QED) is 0.195. The van der Waals surface area contributed by atoms with Crippen LogP contribution in [-0.4, -0.2) is 0 Å². The predicted molar refractivity (Wildman–Crippen MR) is 141 cm³/mol. The van der Waals surface area contributed by atoms with Crippen LogP contribution in [0.4, 0.5) is 0 Å². The van der Waals surface area contributed by atoms with Crippen molar-refractivity contribution in [3.63, 3.8) is 0 Å². The van der Waals surface area contributed by atoms with Crippen molar-refractivity contribution in [2.75, 3.05) is 0 Å². The summed E-state index contributed by atoms with van der Waals surface area (Å²) in [6.45, 7) is 4.34. The molecule has 0 unspecified atom stereocenters. The van der Waals surface area contributed by atoms with Crippen molar-refractivity contribution in [1.29, 1.82) is 0 Å². The van der Waals surface area contributed by atoms with Gasteiger partial charge in [0.25, 0.3) is 0 Å². The average molecular weight is 688 g/mol. The Morgan fingerprint density at radius 1 is 0.815 bits per heavy atom. The van der Waals surface area contributed by atoms with E-state index in [1.54, 1.807) is 0 Å². The minimum atomic E-state index is 1.06. The van der Waals surface area contributed by atoms with Crippen LogP contribution in [-0.2, 0) is 6.42 Å². The maximum Gasteiger partial charge on any atom is 0.0426 e. The second kappa shape index (κ2) is 9.75. The van der Waals surface area contributed by atoms with Crippen LogP contribution in [0.2, 0.25) is 0 Å². The third-order valence-corrected chi connectivity index (χ3v) is 8.83. The Morgan fingerprint density at radius 2 is 1.56 bits per heavy atom. The summed E-state index contributed by atoms with van der Waals surface area (Å²) in [7, 11) is 0. The van der Waals surface area contributed by atoms with Crippen LogP contribution >= 0.6 is 67.8 Å². The molecule has 0 radical (unpaired) electrons. The molecule has 0 nitrogen and oxygen atoms in total. The largest absolute Gasteiger partial charge is 0.0651 e. The summed E-state index contributed by atoms with van der Waals surface area (Å²) in [5, 5.41) is 0. The van der Waals surface area contributed by atoms with Crippen LogP contribution in [0.5, 0.6) is 0 Å². The van der Waals surface area contributed by atoms with E-state index in [2.05, 4.69) is 148 Å². The zero-order valence-corrected chi connectivity index (χ0v) is 21.7. The first-order valence-electron chi connectivity index (χ1n) is 8.85. The van der Waals surface area contributed by atoms with Crippen LogP contribution in [0, 0.1) is 29.5 Å². The summed E-state index contributed by atoms with van der Waals surface area (Å²) in [5.74, 6) is 6.67. The van der Waals surface area contributed by atoms with Crippen LogP contribution in [0.25, 0.3) is 11.1 Å². The van der Waals surface area contributed by atoms with E-state index in [1.807, 2.05) is 0 Å². The molecule has 0 aromatic heterocycles. The van der Waals surface area contributed by atoms with Crippen LogP contribution in [0.1, 0.15) is 35.6 Å². The van der Waals surface area contributed by atoms with Crippen molar-refractivity contribution < 1.29 is 0 Å². The maximum absolute atomic E-state index is 3.36. The standard InChI is InChI=1S/C24H19I3/c1-3-4-17-7-10-19(11-8-17)21-14-13-20(23(26)24(21)27)12-9-18-6-5-16(2)22(25)15-18/h5-8,10-11,13-15H,3-4H2,1-2H3. The molecule has 0 bridgehead atoms. The van der Waals surface area contributed by atoms with Crippen LogP contribution < -0.4 is 0 Å². The van der Waals surface area contributed by atoms with Crippen molar-refractivity contribution in [2.24, 2.45) is 0 Å². The molecule has 136 valence electrons. The molecule has 3 rings (SSSR count). The van der Waals surface area contributed by atoms with E-state index < -0.39 is 0 Å².